The van der Waals surface area contributed by atoms with Crippen LogP contribution in [-0.2, 0) is 4.74 Å². The maximum atomic E-state index is 6.38. The molecule has 0 spiro atoms. The Morgan fingerprint density at radius 1 is 1.33 bits per heavy atom. The van der Waals surface area contributed by atoms with Crippen molar-refractivity contribution in [3.63, 3.8) is 0 Å². The summed E-state index contributed by atoms with van der Waals surface area (Å²) in [6.07, 6.45) is 7.68. The monoisotopic (exact) mass is 213 g/mol. The second-order valence-electron chi connectivity index (χ2n) is 5.38. The summed E-state index contributed by atoms with van der Waals surface area (Å²) in [6, 6.07) is 0. The van der Waals surface area contributed by atoms with Crippen molar-refractivity contribution in [3.8, 4) is 0 Å². The first-order valence-electron chi connectivity index (χ1n) is 6.46. The molecule has 0 atom stereocenters. The lowest BCUT2D eigenvalue weighted by molar-refractivity contribution is 0.0565. The molecule has 90 valence electrons. The normalized spacial score (nSPS) is 32.2. The molecule has 2 N–H and O–H groups in total. The molecule has 1 aliphatic carbocycles. The van der Waals surface area contributed by atoms with Crippen molar-refractivity contribution < 1.29 is 4.74 Å². The Balaban J connectivity index is 2.22. The van der Waals surface area contributed by atoms with Gasteiger partial charge >= 0.3 is 0 Å². The predicted octanol–water partition coefficient (Wildman–Crippen LogP) is 3.10. The van der Waals surface area contributed by atoms with Crippen molar-refractivity contribution in [2.75, 3.05) is 6.61 Å². The Labute approximate surface area is 94.6 Å². The minimum Gasteiger partial charge on any atom is -0.379 e. The van der Waals surface area contributed by atoms with Gasteiger partial charge in [-0.05, 0) is 51.9 Å². The highest BCUT2D eigenvalue weighted by Gasteiger charge is 2.30. The molecule has 15 heavy (non-hydrogen) atoms. The van der Waals surface area contributed by atoms with Crippen LogP contribution >= 0.6 is 0 Å². The summed E-state index contributed by atoms with van der Waals surface area (Å²) in [5.74, 6) is 0.924. The Hall–Kier alpha value is -0.0800. The molecule has 0 aromatic heterocycles. The zero-order chi connectivity index (χ0) is 11.3. The molecule has 0 saturated heterocycles. The summed E-state index contributed by atoms with van der Waals surface area (Å²) in [5, 5.41) is 0. The van der Waals surface area contributed by atoms with Crippen LogP contribution in [0.4, 0.5) is 0 Å². The molecule has 0 radical (unpaired) electrons. The van der Waals surface area contributed by atoms with Gasteiger partial charge in [0.1, 0.15) is 0 Å². The van der Waals surface area contributed by atoms with Crippen molar-refractivity contribution in [3.05, 3.63) is 0 Å². The van der Waals surface area contributed by atoms with Gasteiger partial charge in [-0.3, -0.25) is 0 Å². The average Bonchev–Trinajstić information content (AvgIpc) is 2.18. The van der Waals surface area contributed by atoms with Gasteiger partial charge < -0.3 is 10.5 Å². The Kier molecular flexibility index (Phi) is 5.07. The van der Waals surface area contributed by atoms with Crippen molar-refractivity contribution >= 4 is 0 Å². The smallest absolute Gasteiger partial charge is 0.0518 e. The van der Waals surface area contributed by atoms with Gasteiger partial charge in [0.15, 0.2) is 0 Å². The summed E-state index contributed by atoms with van der Waals surface area (Å²) in [7, 11) is 0. The molecular weight excluding hydrogens is 186 g/mol. The summed E-state index contributed by atoms with van der Waals surface area (Å²) in [6.45, 7) is 7.27. The van der Waals surface area contributed by atoms with Gasteiger partial charge in [-0.15, -0.1) is 0 Å². The Morgan fingerprint density at radius 3 is 2.40 bits per heavy atom. The van der Waals surface area contributed by atoms with E-state index in [1.807, 2.05) is 0 Å². The van der Waals surface area contributed by atoms with E-state index in [9.17, 15) is 0 Å². The largest absolute Gasteiger partial charge is 0.379 e. The lowest BCUT2D eigenvalue weighted by Gasteiger charge is -2.37. The lowest BCUT2D eigenvalue weighted by Crippen LogP contribution is -2.44. The zero-order valence-electron chi connectivity index (χ0n) is 10.6. The quantitative estimate of drug-likeness (QED) is 0.761. The number of ether oxygens (including phenoxy) is 1. The van der Waals surface area contributed by atoms with Crippen molar-refractivity contribution in [2.24, 2.45) is 11.7 Å². The van der Waals surface area contributed by atoms with Crippen molar-refractivity contribution in [1.82, 2.24) is 0 Å². The molecule has 0 bridgehead atoms. The Bertz CT molecular complexity index is 171. The van der Waals surface area contributed by atoms with E-state index in [2.05, 4.69) is 20.8 Å². The second kappa shape index (κ2) is 5.86. The molecule has 1 fully saturated rings. The van der Waals surface area contributed by atoms with E-state index in [0.717, 1.165) is 18.9 Å². The molecule has 0 unspecified atom stereocenters. The van der Waals surface area contributed by atoms with Crippen LogP contribution in [0, 0.1) is 5.92 Å². The molecule has 2 nitrogen and oxygen atoms in total. The van der Waals surface area contributed by atoms with Gasteiger partial charge in [0.25, 0.3) is 0 Å². The molecule has 0 aromatic carbocycles. The Morgan fingerprint density at radius 2 is 1.93 bits per heavy atom. The van der Waals surface area contributed by atoms with Gasteiger partial charge in [-0.25, -0.2) is 0 Å². The van der Waals surface area contributed by atoms with Gasteiger partial charge in [-0.2, -0.15) is 0 Å². The number of hydrogen-bond donors (Lipinski definition) is 1. The molecule has 0 amide bonds. The van der Waals surface area contributed by atoms with Gasteiger partial charge in [0, 0.05) is 12.1 Å². The summed E-state index contributed by atoms with van der Waals surface area (Å²) >= 11 is 0. The highest BCUT2D eigenvalue weighted by molar-refractivity contribution is 4.89. The van der Waals surface area contributed by atoms with Crippen LogP contribution in [0.15, 0.2) is 0 Å². The van der Waals surface area contributed by atoms with E-state index in [0.29, 0.717) is 6.10 Å². The molecule has 1 aliphatic rings. The highest BCUT2D eigenvalue weighted by atomic mass is 16.5. The van der Waals surface area contributed by atoms with Crippen LogP contribution in [0.2, 0.25) is 0 Å². The van der Waals surface area contributed by atoms with E-state index in [4.69, 9.17) is 10.5 Å². The van der Waals surface area contributed by atoms with E-state index < -0.39 is 0 Å². The molecule has 0 aromatic rings. The number of nitrogens with two attached hydrogens (primary N) is 1. The SMILES string of the molecule is CCC1CCC(N)(CCOC(C)C)CC1. The van der Waals surface area contributed by atoms with Crippen LogP contribution in [-0.4, -0.2) is 18.2 Å². The zero-order valence-corrected chi connectivity index (χ0v) is 10.6. The summed E-state index contributed by atoms with van der Waals surface area (Å²) < 4.78 is 5.58. The van der Waals surface area contributed by atoms with E-state index in [-0.39, 0.29) is 5.54 Å². The first-order chi connectivity index (χ1) is 7.06. The third kappa shape index (κ3) is 4.52. The molecular formula is C13H27NO. The van der Waals surface area contributed by atoms with Gasteiger partial charge in [0.2, 0.25) is 0 Å². The van der Waals surface area contributed by atoms with Crippen molar-refractivity contribution in [1.29, 1.82) is 0 Å². The second-order valence-corrected chi connectivity index (χ2v) is 5.38. The van der Waals surface area contributed by atoms with Crippen LogP contribution in [0.3, 0.4) is 0 Å². The molecule has 0 heterocycles. The average molecular weight is 213 g/mol. The number of rotatable bonds is 5. The fourth-order valence-corrected chi connectivity index (χ4v) is 2.41. The van der Waals surface area contributed by atoms with Gasteiger partial charge in [-0.1, -0.05) is 13.3 Å². The predicted molar refractivity (Wildman–Crippen MR) is 64.9 cm³/mol. The fourth-order valence-electron chi connectivity index (χ4n) is 2.41. The molecule has 0 aliphatic heterocycles. The van der Waals surface area contributed by atoms with Crippen LogP contribution < -0.4 is 5.73 Å². The van der Waals surface area contributed by atoms with Crippen molar-refractivity contribution in [2.45, 2.75) is 70.9 Å². The third-order valence-corrected chi connectivity index (χ3v) is 3.73. The van der Waals surface area contributed by atoms with E-state index in [1.165, 1.54) is 32.1 Å². The van der Waals surface area contributed by atoms with Gasteiger partial charge in [0.05, 0.1) is 6.10 Å². The van der Waals surface area contributed by atoms with Crippen LogP contribution in [0.5, 0.6) is 0 Å². The maximum Gasteiger partial charge on any atom is 0.0518 e. The molecule has 1 rings (SSSR count). The first-order valence-corrected chi connectivity index (χ1v) is 6.46. The van der Waals surface area contributed by atoms with E-state index >= 15 is 0 Å². The highest BCUT2D eigenvalue weighted by Crippen LogP contribution is 2.33. The molecule has 1 saturated carbocycles. The standard InChI is InChI=1S/C13H27NO/c1-4-12-5-7-13(14,8-6-12)9-10-15-11(2)3/h11-12H,4-10,14H2,1-3H3. The topological polar surface area (TPSA) is 35.2 Å². The van der Waals surface area contributed by atoms with Crippen LogP contribution in [0.25, 0.3) is 0 Å². The fraction of sp³-hybridized carbons (Fsp3) is 1.00. The maximum absolute atomic E-state index is 6.38. The van der Waals surface area contributed by atoms with E-state index in [1.54, 1.807) is 0 Å². The first kappa shape index (κ1) is 13.0. The van der Waals surface area contributed by atoms with Crippen LogP contribution in [0.1, 0.15) is 59.3 Å². The minimum absolute atomic E-state index is 0.0700. The lowest BCUT2D eigenvalue weighted by atomic mass is 9.75. The third-order valence-electron chi connectivity index (χ3n) is 3.73. The number of hydrogen-bond acceptors (Lipinski definition) is 2. The summed E-state index contributed by atoms with van der Waals surface area (Å²) in [4.78, 5) is 0. The minimum atomic E-state index is 0.0700. The molecule has 2 heteroatoms. The summed E-state index contributed by atoms with van der Waals surface area (Å²) in [5.41, 5.74) is 6.45.